The van der Waals surface area contributed by atoms with Gasteiger partial charge in [0.05, 0.1) is 0 Å². The van der Waals surface area contributed by atoms with E-state index >= 15 is 0 Å². The third-order valence-corrected chi connectivity index (χ3v) is 3.86. The lowest BCUT2D eigenvalue weighted by molar-refractivity contribution is -0.120. The average Bonchev–Trinajstić information content (AvgIpc) is 2.37. The molecule has 0 aliphatic carbocycles. The molecule has 1 saturated heterocycles. The largest absolute Gasteiger partial charge is 0.396 e. The normalized spacial score (nSPS) is 18.2. The van der Waals surface area contributed by atoms with Crippen molar-refractivity contribution in [2.75, 3.05) is 44.8 Å². The molecule has 0 aromatic carbocycles. The van der Waals surface area contributed by atoms with Crippen LogP contribution in [0.2, 0.25) is 0 Å². The summed E-state index contributed by atoms with van der Waals surface area (Å²) in [5.41, 5.74) is 0. The highest BCUT2D eigenvalue weighted by Gasteiger charge is 2.17. The average molecular weight is 260 g/mol. The van der Waals surface area contributed by atoms with E-state index in [9.17, 15) is 4.79 Å². The van der Waals surface area contributed by atoms with Crippen LogP contribution in [0, 0.1) is 5.92 Å². The minimum atomic E-state index is 0.157. The lowest BCUT2D eigenvalue weighted by Gasteiger charge is -2.30. The van der Waals surface area contributed by atoms with Crippen molar-refractivity contribution >= 4 is 17.7 Å². The van der Waals surface area contributed by atoms with Gasteiger partial charge < -0.3 is 15.3 Å². The smallest absolute Gasteiger partial charge is 0.220 e. The van der Waals surface area contributed by atoms with E-state index in [1.54, 1.807) is 11.8 Å². The maximum atomic E-state index is 11.4. The standard InChI is InChI=1S/C12H24N2O2S/c1-17-9-4-12(16)13-5-8-14-6-2-11(10-15)3-7-14/h11,15H,2-10H2,1H3,(H,13,16). The number of hydrogen-bond acceptors (Lipinski definition) is 4. The number of nitrogens with zero attached hydrogens (tertiary/aromatic N) is 1. The second kappa shape index (κ2) is 8.78. The summed E-state index contributed by atoms with van der Waals surface area (Å²) >= 11 is 1.70. The molecule has 0 saturated carbocycles. The summed E-state index contributed by atoms with van der Waals surface area (Å²) in [5, 5.41) is 12.0. The van der Waals surface area contributed by atoms with Gasteiger partial charge in [-0.3, -0.25) is 4.79 Å². The van der Waals surface area contributed by atoms with Crippen molar-refractivity contribution in [3.63, 3.8) is 0 Å². The highest BCUT2D eigenvalue weighted by molar-refractivity contribution is 7.98. The Morgan fingerprint density at radius 3 is 2.76 bits per heavy atom. The maximum absolute atomic E-state index is 11.4. The molecule has 100 valence electrons. The van der Waals surface area contributed by atoms with Gasteiger partial charge in [-0.25, -0.2) is 0 Å². The van der Waals surface area contributed by atoms with E-state index in [1.807, 2.05) is 6.26 Å². The molecule has 0 aromatic heterocycles. The molecule has 0 atom stereocenters. The van der Waals surface area contributed by atoms with E-state index in [4.69, 9.17) is 5.11 Å². The second-order valence-corrected chi connectivity index (χ2v) is 5.55. The quantitative estimate of drug-likeness (QED) is 0.702. The van der Waals surface area contributed by atoms with Crippen LogP contribution in [0.25, 0.3) is 0 Å². The summed E-state index contributed by atoms with van der Waals surface area (Å²) in [6.07, 6.45) is 4.79. The first-order valence-corrected chi connectivity index (χ1v) is 7.74. The topological polar surface area (TPSA) is 52.6 Å². The Kier molecular flexibility index (Phi) is 7.64. The summed E-state index contributed by atoms with van der Waals surface area (Å²) < 4.78 is 0. The zero-order valence-electron chi connectivity index (χ0n) is 10.7. The number of hydrogen-bond donors (Lipinski definition) is 2. The van der Waals surface area contributed by atoms with Crippen molar-refractivity contribution < 1.29 is 9.90 Å². The lowest BCUT2D eigenvalue weighted by Crippen LogP contribution is -2.40. The number of carbonyl (C=O) groups is 1. The van der Waals surface area contributed by atoms with Gasteiger partial charge in [0.2, 0.25) is 5.91 Å². The number of piperidine rings is 1. The van der Waals surface area contributed by atoms with E-state index in [-0.39, 0.29) is 5.91 Å². The molecule has 0 spiro atoms. The summed E-state index contributed by atoms with van der Waals surface area (Å²) in [4.78, 5) is 13.7. The first kappa shape index (κ1) is 14.8. The molecule has 1 heterocycles. The number of nitrogens with one attached hydrogen (secondary N) is 1. The van der Waals surface area contributed by atoms with Crippen LogP contribution in [0.3, 0.4) is 0 Å². The Morgan fingerprint density at radius 2 is 2.18 bits per heavy atom. The second-order valence-electron chi connectivity index (χ2n) is 4.56. The van der Waals surface area contributed by atoms with Crippen LogP contribution in [0.1, 0.15) is 19.3 Å². The molecule has 0 bridgehead atoms. The van der Waals surface area contributed by atoms with Gasteiger partial charge in [0, 0.05) is 31.9 Å². The highest BCUT2D eigenvalue weighted by atomic mass is 32.2. The zero-order chi connectivity index (χ0) is 12.5. The van der Waals surface area contributed by atoms with Crippen LogP contribution < -0.4 is 5.32 Å². The number of amides is 1. The predicted octanol–water partition coefficient (Wildman–Crippen LogP) is 0.560. The molecule has 4 nitrogen and oxygen atoms in total. The number of carbonyl (C=O) groups excluding carboxylic acids is 1. The summed E-state index contributed by atoms with van der Waals surface area (Å²) in [7, 11) is 0. The fourth-order valence-electron chi connectivity index (χ4n) is 2.03. The van der Waals surface area contributed by atoms with E-state index in [2.05, 4.69) is 10.2 Å². The van der Waals surface area contributed by atoms with Crippen molar-refractivity contribution in [2.45, 2.75) is 19.3 Å². The molecular formula is C12H24N2O2S. The fraction of sp³-hybridized carbons (Fsp3) is 0.917. The van der Waals surface area contributed by atoms with Crippen molar-refractivity contribution in [3.8, 4) is 0 Å². The maximum Gasteiger partial charge on any atom is 0.220 e. The Hall–Kier alpha value is -0.260. The summed E-state index contributed by atoms with van der Waals surface area (Å²) in [6, 6.07) is 0. The van der Waals surface area contributed by atoms with E-state index < -0.39 is 0 Å². The van der Waals surface area contributed by atoms with Gasteiger partial charge in [-0.1, -0.05) is 0 Å². The fourth-order valence-corrected chi connectivity index (χ4v) is 2.42. The molecule has 1 aliphatic rings. The van der Waals surface area contributed by atoms with Gasteiger partial charge in [0.1, 0.15) is 0 Å². The summed E-state index contributed by atoms with van der Waals surface area (Å²) in [6.45, 7) is 4.09. The van der Waals surface area contributed by atoms with Gasteiger partial charge in [-0.05, 0) is 38.1 Å². The Balaban J connectivity index is 2.01. The SMILES string of the molecule is CSCCC(=O)NCCN1CCC(CO)CC1. The molecule has 1 rings (SSSR count). The third-order valence-electron chi connectivity index (χ3n) is 3.25. The molecule has 17 heavy (non-hydrogen) atoms. The lowest BCUT2D eigenvalue weighted by atomic mass is 9.98. The molecule has 2 N–H and O–H groups in total. The number of thioether (sulfide) groups is 1. The summed E-state index contributed by atoms with van der Waals surface area (Å²) in [5.74, 6) is 1.54. The van der Waals surface area contributed by atoms with Crippen LogP contribution >= 0.6 is 11.8 Å². The van der Waals surface area contributed by atoms with Crippen molar-refractivity contribution in [1.82, 2.24) is 10.2 Å². The molecule has 0 radical (unpaired) electrons. The van der Waals surface area contributed by atoms with Crippen molar-refractivity contribution in [3.05, 3.63) is 0 Å². The number of likely N-dealkylation sites (tertiary alicyclic amines) is 1. The van der Waals surface area contributed by atoms with Crippen molar-refractivity contribution in [1.29, 1.82) is 0 Å². The number of aliphatic hydroxyl groups is 1. The van der Waals surface area contributed by atoms with E-state index in [1.165, 1.54) is 0 Å². The highest BCUT2D eigenvalue weighted by Crippen LogP contribution is 2.15. The Morgan fingerprint density at radius 1 is 1.47 bits per heavy atom. The minimum absolute atomic E-state index is 0.157. The van der Waals surface area contributed by atoms with Gasteiger partial charge in [-0.2, -0.15) is 11.8 Å². The van der Waals surface area contributed by atoms with Crippen LogP contribution in [-0.2, 0) is 4.79 Å². The number of rotatable bonds is 7. The van der Waals surface area contributed by atoms with Gasteiger partial charge in [0.15, 0.2) is 0 Å². The van der Waals surface area contributed by atoms with Gasteiger partial charge in [-0.15, -0.1) is 0 Å². The van der Waals surface area contributed by atoms with E-state index in [0.29, 0.717) is 18.9 Å². The zero-order valence-corrected chi connectivity index (χ0v) is 11.5. The van der Waals surface area contributed by atoms with Crippen LogP contribution in [0.5, 0.6) is 0 Å². The molecule has 1 aliphatic heterocycles. The van der Waals surface area contributed by atoms with Gasteiger partial charge >= 0.3 is 0 Å². The van der Waals surface area contributed by atoms with E-state index in [0.717, 1.165) is 44.8 Å². The Labute approximate surface area is 108 Å². The first-order chi connectivity index (χ1) is 8.26. The van der Waals surface area contributed by atoms with Crippen molar-refractivity contribution in [2.24, 2.45) is 5.92 Å². The van der Waals surface area contributed by atoms with Gasteiger partial charge in [0.25, 0.3) is 0 Å². The first-order valence-electron chi connectivity index (χ1n) is 6.35. The third kappa shape index (κ3) is 6.29. The molecule has 1 fully saturated rings. The minimum Gasteiger partial charge on any atom is -0.396 e. The van der Waals surface area contributed by atoms with Crippen LogP contribution in [0.4, 0.5) is 0 Å². The number of aliphatic hydroxyl groups excluding tert-OH is 1. The monoisotopic (exact) mass is 260 g/mol. The molecule has 0 unspecified atom stereocenters. The predicted molar refractivity (Wildman–Crippen MR) is 72.3 cm³/mol. The molecule has 0 aromatic rings. The molecular weight excluding hydrogens is 236 g/mol. The Bertz CT molecular complexity index is 219. The van der Waals surface area contributed by atoms with Crippen LogP contribution in [0.15, 0.2) is 0 Å². The molecule has 5 heteroatoms. The molecule has 1 amide bonds. The van der Waals surface area contributed by atoms with Crippen LogP contribution in [-0.4, -0.2) is 60.7 Å².